The number of hydrazine groups is 1. The summed E-state index contributed by atoms with van der Waals surface area (Å²) in [5.74, 6) is 6.22. The van der Waals surface area contributed by atoms with Gasteiger partial charge in [-0.2, -0.15) is 0 Å². The Labute approximate surface area is 103 Å². The van der Waals surface area contributed by atoms with Crippen LogP contribution in [-0.4, -0.2) is 19.3 Å². The van der Waals surface area contributed by atoms with Gasteiger partial charge < -0.3 is 4.74 Å². The molecular weight excluding hydrogens is 212 g/mol. The Morgan fingerprint density at radius 2 is 2.29 bits per heavy atom. The van der Waals surface area contributed by atoms with Crippen LogP contribution >= 0.6 is 0 Å². The molecule has 0 aromatic heterocycles. The lowest BCUT2D eigenvalue weighted by Crippen LogP contribution is -2.41. The van der Waals surface area contributed by atoms with E-state index in [1.807, 2.05) is 0 Å². The molecular formula is C14H22N2O. The SMILES string of the molecule is CCCOCC(CC1Cc2ccccc21)NN. The molecule has 0 heterocycles. The average molecular weight is 234 g/mol. The Morgan fingerprint density at radius 3 is 3.00 bits per heavy atom. The van der Waals surface area contributed by atoms with Crippen LogP contribution in [0.4, 0.5) is 0 Å². The molecule has 1 aromatic carbocycles. The lowest BCUT2D eigenvalue weighted by molar-refractivity contribution is 0.106. The number of hydrogen-bond donors (Lipinski definition) is 2. The van der Waals surface area contributed by atoms with Crippen molar-refractivity contribution in [2.24, 2.45) is 5.84 Å². The van der Waals surface area contributed by atoms with Crippen molar-refractivity contribution in [3.8, 4) is 0 Å². The zero-order valence-corrected chi connectivity index (χ0v) is 10.5. The van der Waals surface area contributed by atoms with E-state index in [0.717, 1.165) is 19.4 Å². The predicted octanol–water partition coefficient (Wildman–Crippen LogP) is 1.97. The van der Waals surface area contributed by atoms with Crippen LogP contribution in [0.25, 0.3) is 0 Å². The molecule has 2 rings (SSSR count). The van der Waals surface area contributed by atoms with Crippen LogP contribution in [0.2, 0.25) is 0 Å². The summed E-state index contributed by atoms with van der Waals surface area (Å²) in [4.78, 5) is 0. The molecule has 1 aliphatic carbocycles. The third-order valence-electron chi connectivity index (χ3n) is 3.43. The summed E-state index contributed by atoms with van der Waals surface area (Å²) in [6.07, 6.45) is 3.31. The molecule has 0 saturated carbocycles. The van der Waals surface area contributed by atoms with Crippen molar-refractivity contribution in [3.63, 3.8) is 0 Å². The minimum Gasteiger partial charge on any atom is -0.380 e. The topological polar surface area (TPSA) is 47.3 Å². The second kappa shape index (κ2) is 6.15. The fraction of sp³-hybridized carbons (Fsp3) is 0.571. The predicted molar refractivity (Wildman–Crippen MR) is 69.7 cm³/mol. The Balaban J connectivity index is 1.81. The first-order chi connectivity index (χ1) is 8.35. The van der Waals surface area contributed by atoms with Gasteiger partial charge in [0.1, 0.15) is 0 Å². The molecule has 0 saturated heterocycles. The average Bonchev–Trinajstić information content (AvgIpc) is 2.34. The van der Waals surface area contributed by atoms with Gasteiger partial charge in [0.05, 0.1) is 6.61 Å². The van der Waals surface area contributed by atoms with Gasteiger partial charge in [-0.1, -0.05) is 31.2 Å². The fourth-order valence-electron chi connectivity index (χ4n) is 2.47. The minimum absolute atomic E-state index is 0.264. The summed E-state index contributed by atoms with van der Waals surface area (Å²) in [5.41, 5.74) is 5.84. The standard InChI is InChI=1S/C14H22N2O/c1-2-7-17-10-13(16-15)9-12-8-11-5-3-4-6-14(11)12/h3-6,12-13,16H,2,7-10,15H2,1H3. The maximum Gasteiger partial charge on any atom is 0.0633 e. The molecule has 0 aliphatic heterocycles. The van der Waals surface area contributed by atoms with Crippen LogP contribution in [0, 0.1) is 0 Å². The smallest absolute Gasteiger partial charge is 0.0633 e. The van der Waals surface area contributed by atoms with Gasteiger partial charge in [-0.15, -0.1) is 0 Å². The number of nitrogens with two attached hydrogens (primary N) is 1. The highest BCUT2D eigenvalue weighted by Gasteiger charge is 2.27. The minimum atomic E-state index is 0.264. The van der Waals surface area contributed by atoms with Gasteiger partial charge in [0.25, 0.3) is 0 Å². The Morgan fingerprint density at radius 1 is 1.47 bits per heavy atom. The number of nitrogens with one attached hydrogen (secondary N) is 1. The maximum absolute atomic E-state index is 5.57. The van der Waals surface area contributed by atoms with Gasteiger partial charge in [-0.25, -0.2) is 0 Å². The molecule has 0 bridgehead atoms. The third-order valence-corrected chi connectivity index (χ3v) is 3.43. The molecule has 0 amide bonds. The molecule has 3 heteroatoms. The van der Waals surface area contributed by atoms with Crippen molar-refractivity contribution in [1.82, 2.24) is 5.43 Å². The van der Waals surface area contributed by atoms with E-state index in [4.69, 9.17) is 10.6 Å². The molecule has 1 aromatic rings. The van der Waals surface area contributed by atoms with Crippen LogP contribution in [-0.2, 0) is 11.2 Å². The van der Waals surface area contributed by atoms with E-state index in [-0.39, 0.29) is 6.04 Å². The van der Waals surface area contributed by atoms with Crippen LogP contribution < -0.4 is 11.3 Å². The summed E-state index contributed by atoms with van der Waals surface area (Å²) in [6.45, 7) is 3.65. The van der Waals surface area contributed by atoms with Crippen LogP contribution in [0.3, 0.4) is 0 Å². The highest BCUT2D eigenvalue weighted by Crippen LogP contribution is 2.37. The molecule has 0 radical (unpaired) electrons. The van der Waals surface area contributed by atoms with Crippen molar-refractivity contribution in [1.29, 1.82) is 0 Å². The molecule has 3 N–H and O–H groups in total. The van der Waals surface area contributed by atoms with Gasteiger partial charge >= 0.3 is 0 Å². The second-order valence-electron chi connectivity index (χ2n) is 4.77. The number of rotatable bonds is 7. The molecule has 1 aliphatic rings. The van der Waals surface area contributed by atoms with Gasteiger partial charge in [-0.05, 0) is 36.3 Å². The zero-order valence-electron chi connectivity index (χ0n) is 10.5. The second-order valence-corrected chi connectivity index (χ2v) is 4.77. The van der Waals surface area contributed by atoms with Gasteiger partial charge in [0.15, 0.2) is 0 Å². The molecule has 2 unspecified atom stereocenters. The normalized spacial score (nSPS) is 19.5. The number of fused-ring (bicyclic) bond motifs is 1. The van der Waals surface area contributed by atoms with Crippen molar-refractivity contribution < 1.29 is 4.74 Å². The fourth-order valence-corrected chi connectivity index (χ4v) is 2.47. The lowest BCUT2D eigenvalue weighted by atomic mass is 9.74. The summed E-state index contributed by atoms with van der Waals surface area (Å²) < 4.78 is 5.55. The Kier molecular flexibility index (Phi) is 4.54. The van der Waals surface area contributed by atoms with Crippen LogP contribution in [0.15, 0.2) is 24.3 Å². The van der Waals surface area contributed by atoms with E-state index in [2.05, 4.69) is 36.6 Å². The highest BCUT2D eigenvalue weighted by molar-refractivity contribution is 5.39. The van der Waals surface area contributed by atoms with E-state index in [9.17, 15) is 0 Å². The molecule has 94 valence electrons. The summed E-state index contributed by atoms with van der Waals surface area (Å²) in [7, 11) is 0. The highest BCUT2D eigenvalue weighted by atomic mass is 16.5. The van der Waals surface area contributed by atoms with Gasteiger partial charge in [-0.3, -0.25) is 11.3 Å². The first kappa shape index (κ1) is 12.6. The number of hydrogen-bond acceptors (Lipinski definition) is 3. The van der Waals surface area contributed by atoms with E-state index < -0.39 is 0 Å². The Hall–Kier alpha value is -0.900. The third kappa shape index (κ3) is 3.06. The number of benzene rings is 1. The molecule has 17 heavy (non-hydrogen) atoms. The van der Waals surface area contributed by atoms with E-state index in [0.29, 0.717) is 12.5 Å². The Bertz CT molecular complexity index is 354. The van der Waals surface area contributed by atoms with E-state index >= 15 is 0 Å². The number of ether oxygens (including phenoxy) is 1. The van der Waals surface area contributed by atoms with E-state index in [1.54, 1.807) is 0 Å². The summed E-state index contributed by atoms with van der Waals surface area (Å²) in [6, 6.07) is 8.93. The largest absolute Gasteiger partial charge is 0.380 e. The maximum atomic E-state index is 5.57. The van der Waals surface area contributed by atoms with Crippen LogP contribution in [0.5, 0.6) is 0 Å². The quantitative estimate of drug-likeness (QED) is 0.431. The van der Waals surface area contributed by atoms with Crippen molar-refractivity contribution in [3.05, 3.63) is 35.4 Å². The van der Waals surface area contributed by atoms with Crippen molar-refractivity contribution >= 4 is 0 Å². The molecule has 3 nitrogen and oxygen atoms in total. The lowest BCUT2D eigenvalue weighted by Gasteiger charge is -2.32. The van der Waals surface area contributed by atoms with Gasteiger partial charge in [0, 0.05) is 12.6 Å². The summed E-state index contributed by atoms with van der Waals surface area (Å²) in [5, 5.41) is 0. The van der Waals surface area contributed by atoms with Crippen molar-refractivity contribution in [2.45, 2.75) is 38.1 Å². The van der Waals surface area contributed by atoms with Crippen LogP contribution in [0.1, 0.15) is 36.8 Å². The molecule has 2 atom stereocenters. The summed E-state index contributed by atoms with van der Waals surface area (Å²) >= 11 is 0. The first-order valence-corrected chi connectivity index (χ1v) is 6.46. The van der Waals surface area contributed by atoms with Crippen molar-refractivity contribution in [2.75, 3.05) is 13.2 Å². The molecule has 0 spiro atoms. The first-order valence-electron chi connectivity index (χ1n) is 6.46. The van der Waals surface area contributed by atoms with E-state index in [1.165, 1.54) is 17.5 Å². The van der Waals surface area contributed by atoms with Gasteiger partial charge in [0.2, 0.25) is 0 Å². The molecule has 0 fully saturated rings. The monoisotopic (exact) mass is 234 g/mol. The zero-order chi connectivity index (χ0) is 12.1.